The number of aromatic amines is 1. The van der Waals surface area contributed by atoms with Crippen LogP contribution in [0, 0.1) is 0 Å². The van der Waals surface area contributed by atoms with Gasteiger partial charge in [0.05, 0.1) is 6.54 Å². The highest BCUT2D eigenvalue weighted by Crippen LogP contribution is 2.14. The normalized spacial score (nSPS) is 17.5. The lowest BCUT2D eigenvalue weighted by atomic mass is 10.1. The van der Waals surface area contributed by atoms with Gasteiger partial charge in [-0.3, -0.25) is 0 Å². The van der Waals surface area contributed by atoms with Crippen LogP contribution in [0.15, 0.2) is 30.3 Å². The number of hydrogen-bond acceptors (Lipinski definition) is 2. The van der Waals surface area contributed by atoms with Crippen molar-refractivity contribution in [3.8, 4) is 0 Å². The molecule has 24 heavy (non-hydrogen) atoms. The molecule has 4 amide bonds. The Bertz CT molecular complexity index is 694. The quantitative estimate of drug-likeness (QED) is 0.691. The third-order valence-electron chi connectivity index (χ3n) is 4.28. The predicted octanol–water partition coefficient (Wildman–Crippen LogP) is 1.77. The molecule has 1 aliphatic rings. The Morgan fingerprint density at radius 1 is 1.33 bits per heavy atom. The molecule has 1 aliphatic heterocycles. The van der Waals surface area contributed by atoms with Crippen LogP contribution in [0.25, 0.3) is 10.9 Å². The SMILES string of the molecule is CNC(=O)N1CCC[C@@H](NC(=O)NCc2cc3ccccc3[nH]2)C1. The van der Waals surface area contributed by atoms with Crippen LogP contribution in [0.1, 0.15) is 18.5 Å². The number of benzene rings is 1. The van der Waals surface area contributed by atoms with Crippen LogP contribution in [0.5, 0.6) is 0 Å². The standard InChI is InChI=1S/C17H23N5O2/c1-18-17(24)22-8-4-6-13(11-22)21-16(23)19-10-14-9-12-5-2-3-7-15(12)20-14/h2-3,5,7,9,13,20H,4,6,8,10-11H2,1H3,(H,18,24)(H2,19,21,23)/t13-/m1/s1. The molecule has 128 valence electrons. The van der Waals surface area contributed by atoms with Crippen LogP contribution in [0.2, 0.25) is 0 Å². The first kappa shape index (κ1) is 16.2. The highest BCUT2D eigenvalue weighted by Gasteiger charge is 2.24. The molecule has 0 radical (unpaired) electrons. The Morgan fingerprint density at radius 3 is 2.96 bits per heavy atom. The number of urea groups is 2. The van der Waals surface area contributed by atoms with Gasteiger partial charge in [0.1, 0.15) is 0 Å². The lowest BCUT2D eigenvalue weighted by molar-refractivity contribution is 0.173. The lowest BCUT2D eigenvalue weighted by Crippen LogP contribution is -2.53. The second-order valence-corrected chi connectivity index (χ2v) is 6.05. The Kier molecular flexibility index (Phi) is 4.88. The average Bonchev–Trinajstić information content (AvgIpc) is 3.02. The smallest absolute Gasteiger partial charge is 0.317 e. The van der Waals surface area contributed by atoms with Gasteiger partial charge >= 0.3 is 12.1 Å². The average molecular weight is 329 g/mol. The van der Waals surface area contributed by atoms with Gasteiger partial charge in [0, 0.05) is 37.4 Å². The summed E-state index contributed by atoms with van der Waals surface area (Å²) in [6.45, 7) is 1.71. The van der Waals surface area contributed by atoms with Crippen molar-refractivity contribution in [2.75, 3.05) is 20.1 Å². The molecule has 3 rings (SSSR count). The van der Waals surface area contributed by atoms with E-state index in [9.17, 15) is 9.59 Å². The second kappa shape index (κ2) is 7.25. The number of nitrogens with zero attached hydrogens (tertiary/aromatic N) is 1. The van der Waals surface area contributed by atoms with Crippen molar-refractivity contribution >= 4 is 23.0 Å². The van der Waals surface area contributed by atoms with Gasteiger partial charge in [0.15, 0.2) is 0 Å². The number of aromatic nitrogens is 1. The molecule has 7 heteroatoms. The number of para-hydroxylation sites is 1. The summed E-state index contributed by atoms with van der Waals surface area (Å²) in [5.74, 6) is 0. The summed E-state index contributed by atoms with van der Waals surface area (Å²) in [5.41, 5.74) is 2.02. The maximum Gasteiger partial charge on any atom is 0.317 e. The van der Waals surface area contributed by atoms with E-state index in [1.165, 1.54) is 0 Å². The minimum absolute atomic E-state index is 0.0150. The zero-order valence-corrected chi connectivity index (χ0v) is 13.8. The van der Waals surface area contributed by atoms with Crippen molar-refractivity contribution in [3.63, 3.8) is 0 Å². The Hall–Kier alpha value is -2.70. The van der Waals surface area contributed by atoms with Gasteiger partial charge in [-0.25, -0.2) is 9.59 Å². The van der Waals surface area contributed by atoms with Gasteiger partial charge in [0.25, 0.3) is 0 Å². The van der Waals surface area contributed by atoms with Crippen molar-refractivity contribution in [1.82, 2.24) is 25.8 Å². The molecule has 0 spiro atoms. The number of nitrogens with one attached hydrogen (secondary N) is 4. The summed E-state index contributed by atoms with van der Waals surface area (Å²) >= 11 is 0. The van der Waals surface area contributed by atoms with Crippen molar-refractivity contribution in [3.05, 3.63) is 36.0 Å². The van der Waals surface area contributed by atoms with Gasteiger partial charge in [-0.15, -0.1) is 0 Å². The zero-order chi connectivity index (χ0) is 16.9. The number of carbonyl (C=O) groups excluding carboxylic acids is 2. The highest BCUT2D eigenvalue weighted by molar-refractivity contribution is 5.80. The van der Waals surface area contributed by atoms with E-state index in [2.05, 4.69) is 20.9 Å². The Balaban J connectivity index is 1.49. The summed E-state index contributed by atoms with van der Waals surface area (Å²) in [5, 5.41) is 9.56. The van der Waals surface area contributed by atoms with Crippen LogP contribution in [-0.2, 0) is 6.54 Å². The molecule has 4 N–H and O–H groups in total. The fourth-order valence-corrected chi connectivity index (χ4v) is 3.08. The maximum absolute atomic E-state index is 12.1. The third-order valence-corrected chi connectivity index (χ3v) is 4.28. The maximum atomic E-state index is 12.1. The molecule has 1 aromatic carbocycles. The summed E-state index contributed by atoms with van der Waals surface area (Å²) in [7, 11) is 1.62. The van der Waals surface area contributed by atoms with Crippen LogP contribution in [-0.4, -0.2) is 48.1 Å². The Labute approximate surface area is 140 Å². The van der Waals surface area contributed by atoms with E-state index in [-0.39, 0.29) is 18.1 Å². The molecular weight excluding hydrogens is 306 g/mol. The van der Waals surface area contributed by atoms with Crippen molar-refractivity contribution in [1.29, 1.82) is 0 Å². The molecule has 0 bridgehead atoms. The van der Waals surface area contributed by atoms with Crippen molar-refractivity contribution in [2.24, 2.45) is 0 Å². The largest absolute Gasteiger partial charge is 0.357 e. The monoisotopic (exact) mass is 329 g/mol. The minimum Gasteiger partial charge on any atom is -0.357 e. The lowest BCUT2D eigenvalue weighted by Gasteiger charge is -2.32. The third kappa shape index (κ3) is 3.79. The van der Waals surface area contributed by atoms with Gasteiger partial charge in [-0.2, -0.15) is 0 Å². The second-order valence-electron chi connectivity index (χ2n) is 6.05. The predicted molar refractivity (Wildman–Crippen MR) is 92.7 cm³/mol. The molecule has 0 unspecified atom stereocenters. The first-order valence-electron chi connectivity index (χ1n) is 8.23. The number of fused-ring (bicyclic) bond motifs is 1. The van der Waals surface area contributed by atoms with Crippen LogP contribution >= 0.6 is 0 Å². The number of rotatable bonds is 3. The van der Waals surface area contributed by atoms with Gasteiger partial charge in [-0.1, -0.05) is 18.2 Å². The molecular formula is C17H23N5O2. The minimum atomic E-state index is -0.211. The van der Waals surface area contributed by atoms with E-state index in [1.54, 1.807) is 11.9 Å². The summed E-state index contributed by atoms with van der Waals surface area (Å²) in [6, 6.07) is 9.71. The number of amides is 4. The molecule has 0 saturated carbocycles. The number of piperidine rings is 1. The molecule has 1 saturated heterocycles. The van der Waals surface area contributed by atoms with Gasteiger partial charge in [-0.05, 0) is 30.4 Å². The van der Waals surface area contributed by atoms with Crippen molar-refractivity contribution < 1.29 is 9.59 Å². The first-order chi connectivity index (χ1) is 11.7. The van der Waals surface area contributed by atoms with Crippen LogP contribution in [0.4, 0.5) is 9.59 Å². The fraction of sp³-hybridized carbons (Fsp3) is 0.412. The van der Waals surface area contributed by atoms with E-state index >= 15 is 0 Å². The van der Waals surface area contributed by atoms with E-state index in [0.717, 1.165) is 36.0 Å². The zero-order valence-electron chi connectivity index (χ0n) is 13.8. The van der Waals surface area contributed by atoms with Crippen LogP contribution < -0.4 is 16.0 Å². The molecule has 1 atom stereocenters. The van der Waals surface area contributed by atoms with E-state index < -0.39 is 0 Å². The summed E-state index contributed by atoms with van der Waals surface area (Å²) < 4.78 is 0. The number of carbonyl (C=O) groups is 2. The molecule has 2 heterocycles. The van der Waals surface area contributed by atoms with E-state index in [1.807, 2.05) is 30.3 Å². The highest BCUT2D eigenvalue weighted by atomic mass is 16.2. The topological polar surface area (TPSA) is 89.3 Å². The summed E-state index contributed by atoms with van der Waals surface area (Å²) in [6.07, 6.45) is 1.77. The number of likely N-dealkylation sites (tertiary alicyclic amines) is 1. The number of hydrogen-bond donors (Lipinski definition) is 4. The van der Waals surface area contributed by atoms with E-state index in [0.29, 0.717) is 13.1 Å². The molecule has 1 fully saturated rings. The first-order valence-corrected chi connectivity index (χ1v) is 8.23. The Morgan fingerprint density at radius 2 is 2.17 bits per heavy atom. The molecule has 2 aromatic rings. The van der Waals surface area contributed by atoms with Gasteiger partial charge < -0.3 is 25.8 Å². The fourth-order valence-electron chi connectivity index (χ4n) is 3.08. The summed E-state index contributed by atoms with van der Waals surface area (Å²) in [4.78, 5) is 28.8. The van der Waals surface area contributed by atoms with Gasteiger partial charge in [0.2, 0.25) is 0 Å². The number of H-pyrrole nitrogens is 1. The molecule has 0 aliphatic carbocycles. The van der Waals surface area contributed by atoms with Crippen LogP contribution in [0.3, 0.4) is 0 Å². The van der Waals surface area contributed by atoms with E-state index in [4.69, 9.17) is 0 Å². The molecule has 7 nitrogen and oxygen atoms in total. The molecule has 1 aromatic heterocycles. The van der Waals surface area contributed by atoms with Crippen molar-refractivity contribution in [2.45, 2.75) is 25.4 Å².